The maximum atomic E-state index is 11.3. The third-order valence-corrected chi connectivity index (χ3v) is 8.20. The molecule has 0 spiro atoms. The van der Waals surface area contributed by atoms with Crippen molar-refractivity contribution < 1.29 is 15.3 Å². The van der Waals surface area contributed by atoms with Crippen molar-refractivity contribution in [1.29, 1.82) is 0 Å². The summed E-state index contributed by atoms with van der Waals surface area (Å²) >= 11 is 0. The number of para-hydroxylation sites is 3. The molecule has 0 aliphatic heterocycles. The van der Waals surface area contributed by atoms with Gasteiger partial charge in [0.15, 0.2) is 0 Å². The monoisotopic (exact) mass is 492 g/mol. The minimum absolute atomic E-state index is 0.238. The summed E-state index contributed by atoms with van der Waals surface area (Å²) in [5.74, 6) is 1.11. The van der Waals surface area contributed by atoms with Crippen molar-refractivity contribution in [2.75, 3.05) is 0 Å². The molecule has 0 saturated heterocycles. The number of phenolic OH excluding ortho intramolecular Hbond substituents is 3. The Morgan fingerprint density at radius 1 is 0.514 bits per heavy atom. The molecular weight excluding hydrogens is 456 g/mol. The molecule has 4 aromatic carbocycles. The van der Waals surface area contributed by atoms with Crippen LogP contribution in [0.1, 0.15) is 66.3 Å². The molecule has 1 saturated carbocycles. The zero-order valence-electron chi connectivity index (χ0n) is 21.3. The molecule has 0 radical (unpaired) electrons. The maximum Gasteiger partial charge on any atom is 0.120 e. The van der Waals surface area contributed by atoms with Crippen molar-refractivity contribution in [1.82, 2.24) is 0 Å². The van der Waals surface area contributed by atoms with Gasteiger partial charge in [-0.1, -0.05) is 98.1 Å². The molecule has 1 aliphatic rings. The molecule has 0 aromatic heterocycles. The lowest BCUT2D eigenvalue weighted by Gasteiger charge is -2.45. The predicted molar refractivity (Wildman–Crippen MR) is 149 cm³/mol. The lowest BCUT2D eigenvalue weighted by molar-refractivity contribution is 0.260. The van der Waals surface area contributed by atoms with E-state index in [2.05, 4.69) is 24.3 Å². The first kappa shape index (κ1) is 25.0. The quantitative estimate of drug-likeness (QED) is 0.219. The van der Waals surface area contributed by atoms with E-state index in [4.69, 9.17) is 0 Å². The molecule has 5 rings (SSSR count). The van der Waals surface area contributed by atoms with Crippen molar-refractivity contribution >= 4 is 0 Å². The van der Waals surface area contributed by atoms with Gasteiger partial charge in [-0.25, -0.2) is 0 Å². The van der Waals surface area contributed by atoms with E-state index in [0.29, 0.717) is 5.75 Å². The van der Waals surface area contributed by atoms with Crippen LogP contribution in [0.3, 0.4) is 0 Å². The van der Waals surface area contributed by atoms with Gasteiger partial charge in [0.2, 0.25) is 0 Å². The van der Waals surface area contributed by atoms with Crippen molar-refractivity contribution in [3.8, 4) is 17.2 Å². The van der Waals surface area contributed by atoms with Crippen molar-refractivity contribution in [2.45, 2.75) is 56.8 Å². The van der Waals surface area contributed by atoms with Gasteiger partial charge in [0, 0.05) is 11.1 Å². The average Bonchev–Trinajstić information content (AvgIpc) is 2.93. The van der Waals surface area contributed by atoms with Crippen LogP contribution >= 0.6 is 0 Å². The maximum absolute atomic E-state index is 11.3. The van der Waals surface area contributed by atoms with Crippen LogP contribution < -0.4 is 0 Å². The third-order valence-electron chi connectivity index (χ3n) is 8.20. The molecule has 1 aliphatic carbocycles. The van der Waals surface area contributed by atoms with E-state index >= 15 is 0 Å². The normalized spacial score (nSPS) is 14.5. The highest BCUT2D eigenvalue weighted by Gasteiger charge is 2.47. The van der Waals surface area contributed by atoms with Crippen LogP contribution in [0.5, 0.6) is 17.2 Å². The molecule has 0 atom stereocenters. The Morgan fingerprint density at radius 2 is 0.973 bits per heavy atom. The fourth-order valence-corrected chi connectivity index (χ4v) is 6.56. The summed E-state index contributed by atoms with van der Waals surface area (Å²) in [5.41, 5.74) is 4.37. The lowest BCUT2D eigenvalue weighted by atomic mass is 9.57. The molecule has 37 heavy (non-hydrogen) atoms. The first-order chi connectivity index (χ1) is 18.1. The molecule has 3 N–H and O–H groups in total. The van der Waals surface area contributed by atoms with E-state index in [1.54, 1.807) is 18.2 Å². The number of rotatable bonds is 8. The lowest BCUT2D eigenvalue weighted by Crippen LogP contribution is -2.40. The summed E-state index contributed by atoms with van der Waals surface area (Å²) in [6.07, 6.45) is 8.08. The highest BCUT2D eigenvalue weighted by molar-refractivity contribution is 5.61. The Bertz CT molecular complexity index is 1290. The fourth-order valence-electron chi connectivity index (χ4n) is 6.56. The summed E-state index contributed by atoms with van der Waals surface area (Å²) in [5, 5.41) is 32.9. The fraction of sp³-hybridized carbons (Fsp3) is 0.294. The van der Waals surface area contributed by atoms with Gasteiger partial charge in [-0.2, -0.15) is 0 Å². The first-order valence-electron chi connectivity index (χ1n) is 13.5. The van der Waals surface area contributed by atoms with Gasteiger partial charge in [0.1, 0.15) is 17.2 Å². The van der Waals surface area contributed by atoms with Gasteiger partial charge >= 0.3 is 0 Å². The Labute approximate surface area is 220 Å². The highest BCUT2D eigenvalue weighted by atomic mass is 16.3. The summed E-state index contributed by atoms with van der Waals surface area (Å²) in [4.78, 5) is 0. The molecule has 0 amide bonds. The molecule has 3 heteroatoms. The standard InChI is InChI=1S/C34H36O3/c35-31-22-9-5-14-26(31)16-12-15-25-13-4-6-19-28(25)34(27-17-2-1-3-18-27,29-20-7-10-23-32(29)36)30-21-8-11-24-33(30)37/h4-11,13-14,19-24,27,35-37H,1-3,12,15-18H2. The summed E-state index contributed by atoms with van der Waals surface area (Å²) in [6.45, 7) is 0. The molecule has 0 unspecified atom stereocenters. The molecule has 0 heterocycles. The van der Waals surface area contributed by atoms with Gasteiger partial charge in [-0.05, 0) is 72.9 Å². The summed E-state index contributed by atoms with van der Waals surface area (Å²) in [7, 11) is 0. The second-order valence-electron chi connectivity index (χ2n) is 10.3. The Balaban J connectivity index is 1.68. The van der Waals surface area contributed by atoms with Crippen LogP contribution in [0.2, 0.25) is 0 Å². The number of aryl methyl sites for hydroxylation is 2. The second-order valence-corrected chi connectivity index (χ2v) is 10.3. The van der Waals surface area contributed by atoms with Crippen molar-refractivity contribution in [3.63, 3.8) is 0 Å². The molecule has 190 valence electrons. The molecular formula is C34H36O3. The smallest absolute Gasteiger partial charge is 0.120 e. The van der Waals surface area contributed by atoms with Gasteiger partial charge in [-0.15, -0.1) is 0 Å². The number of hydrogen-bond acceptors (Lipinski definition) is 3. The van der Waals surface area contributed by atoms with E-state index in [9.17, 15) is 15.3 Å². The van der Waals surface area contributed by atoms with Crippen LogP contribution in [-0.4, -0.2) is 15.3 Å². The third kappa shape index (κ3) is 4.83. The van der Waals surface area contributed by atoms with E-state index in [-0.39, 0.29) is 17.4 Å². The first-order valence-corrected chi connectivity index (χ1v) is 13.5. The van der Waals surface area contributed by atoms with E-state index in [1.165, 1.54) is 12.0 Å². The highest BCUT2D eigenvalue weighted by Crippen LogP contribution is 2.55. The number of aromatic hydroxyl groups is 3. The predicted octanol–water partition coefficient (Wildman–Crippen LogP) is 7.89. The van der Waals surface area contributed by atoms with Crippen LogP contribution in [0.4, 0.5) is 0 Å². The Hall–Kier alpha value is -3.72. The molecule has 4 aromatic rings. The molecule has 3 nitrogen and oxygen atoms in total. The van der Waals surface area contributed by atoms with Gasteiger partial charge in [-0.3, -0.25) is 0 Å². The topological polar surface area (TPSA) is 60.7 Å². The minimum atomic E-state index is -0.678. The van der Waals surface area contributed by atoms with Gasteiger partial charge < -0.3 is 15.3 Å². The zero-order valence-corrected chi connectivity index (χ0v) is 21.3. The molecule has 1 fully saturated rings. The van der Waals surface area contributed by atoms with Crippen molar-refractivity contribution in [2.24, 2.45) is 5.92 Å². The van der Waals surface area contributed by atoms with Crippen molar-refractivity contribution in [3.05, 3.63) is 125 Å². The largest absolute Gasteiger partial charge is 0.508 e. The summed E-state index contributed by atoms with van der Waals surface area (Å²) in [6, 6.07) is 31.4. The molecule has 0 bridgehead atoms. The van der Waals surface area contributed by atoms with Crippen LogP contribution in [0, 0.1) is 5.92 Å². The number of hydrogen-bond donors (Lipinski definition) is 3. The number of benzene rings is 4. The second kappa shape index (κ2) is 11.1. The number of phenols is 3. The Morgan fingerprint density at radius 3 is 1.54 bits per heavy atom. The van der Waals surface area contributed by atoms with Gasteiger partial charge in [0.05, 0.1) is 5.41 Å². The Kier molecular flexibility index (Phi) is 7.50. The van der Waals surface area contributed by atoms with E-state index in [1.807, 2.05) is 54.6 Å². The van der Waals surface area contributed by atoms with Gasteiger partial charge in [0.25, 0.3) is 0 Å². The van der Waals surface area contributed by atoms with Crippen LogP contribution in [0.25, 0.3) is 0 Å². The zero-order chi connectivity index (χ0) is 25.7. The van der Waals surface area contributed by atoms with E-state index in [0.717, 1.165) is 67.2 Å². The minimum Gasteiger partial charge on any atom is -0.508 e. The SMILES string of the molecule is Oc1ccccc1CCCc1ccccc1C(c1ccccc1O)(c1ccccc1O)C1CCCCC1. The van der Waals surface area contributed by atoms with Crippen LogP contribution in [-0.2, 0) is 18.3 Å². The van der Waals surface area contributed by atoms with E-state index < -0.39 is 5.41 Å². The average molecular weight is 493 g/mol. The van der Waals surface area contributed by atoms with Crippen LogP contribution in [0.15, 0.2) is 97.1 Å². The summed E-state index contributed by atoms with van der Waals surface area (Å²) < 4.78 is 0.